The number of carboxylic acid groups (broad SMARTS) is 1. The summed E-state index contributed by atoms with van der Waals surface area (Å²) in [5, 5.41) is 10.0. The lowest BCUT2D eigenvalue weighted by atomic mass is 9.67. The van der Waals surface area contributed by atoms with Crippen LogP contribution in [0.2, 0.25) is 0 Å². The fourth-order valence-corrected chi connectivity index (χ4v) is 8.48. The molecule has 0 spiro atoms. The standard InChI is InChI=1S/C40H59NO2/c41-30-27-36(37(31-39(42)43)32-40(28-13-14-29-40)38-21-11-4-12-22-38)26-25-35(24-23-34-18-8-3-9-19-34)20-10-2-7-17-33-15-5-1-6-16-33/h2-4,8-12,18-19,21-22,33,35-37H,1,5-7,13-17,20,23-32,41H2,(H,42,43)/b10-2-/t35-,36-,37+/m0/s1. The third kappa shape index (κ3) is 11.2. The van der Waals surface area contributed by atoms with Crippen LogP contribution in [0, 0.1) is 23.7 Å². The maximum Gasteiger partial charge on any atom is 0.303 e. The summed E-state index contributed by atoms with van der Waals surface area (Å²) < 4.78 is 0. The van der Waals surface area contributed by atoms with Crippen LogP contribution in [-0.2, 0) is 16.6 Å². The van der Waals surface area contributed by atoms with Gasteiger partial charge in [-0.15, -0.1) is 0 Å². The van der Waals surface area contributed by atoms with E-state index >= 15 is 0 Å². The van der Waals surface area contributed by atoms with Gasteiger partial charge in [-0.25, -0.2) is 0 Å². The van der Waals surface area contributed by atoms with E-state index in [-0.39, 0.29) is 17.8 Å². The van der Waals surface area contributed by atoms with Crippen molar-refractivity contribution in [3.8, 4) is 0 Å². The van der Waals surface area contributed by atoms with Crippen molar-refractivity contribution >= 4 is 5.97 Å². The zero-order chi connectivity index (χ0) is 30.2. The van der Waals surface area contributed by atoms with Crippen LogP contribution in [0.5, 0.6) is 0 Å². The lowest BCUT2D eigenvalue weighted by Gasteiger charge is -2.37. The fourth-order valence-electron chi connectivity index (χ4n) is 8.48. The van der Waals surface area contributed by atoms with E-state index in [1.54, 1.807) is 0 Å². The minimum Gasteiger partial charge on any atom is -0.481 e. The van der Waals surface area contributed by atoms with Gasteiger partial charge in [0.15, 0.2) is 0 Å². The molecule has 0 aliphatic heterocycles. The largest absolute Gasteiger partial charge is 0.481 e. The number of nitrogens with two attached hydrogens (primary N) is 1. The molecule has 0 aromatic heterocycles. The number of carboxylic acids is 1. The van der Waals surface area contributed by atoms with E-state index in [1.165, 1.54) is 88.2 Å². The maximum absolute atomic E-state index is 12.2. The second kappa shape index (κ2) is 18.4. The van der Waals surface area contributed by atoms with Crippen molar-refractivity contribution in [3.63, 3.8) is 0 Å². The van der Waals surface area contributed by atoms with Gasteiger partial charge in [0.1, 0.15) is 0 Å². The van der Waals surface area contributed by atoms with E-state index in [1.807, 2.05) is 0 Å². The first-order chi connectivity index (χ1) is 21.1. The molecule has 2 fully saturated rings. The molecule has 0 amide bonds. The van der Waals surface area contributed by atoms with Crippen LogP contribution in [0.3, 0.4) is 0 Å². The summed E-state index contributed by atoms with van der Waals surface area (Å²) in [6, 6.07) is 21.9. The van der Waals surface area contributed by atoms with Gasteiger partial charge >= 0.3 is 5.97 Å². The second-order valence-electron chi connectivity index (χ2n) is 14.0. The summed E-state index contributed by atoms with van der Waals surface area (Å²) in [5.74, 6) is 1.42. The van der Waals surface area contributed by atoms with Gasteiger partial charge in [0.05, 0.1) is 0 Å². The Kier molecular flexibility index (Phi) is 14.4. The van der Waals surface area contributed by atoms with Crippen LogP contribution in [0.25, 0.3) is 0 Å². The van der Waals surface area contributed by atoms with Crippen molar-refractivity contribution in [3.05, 3.63) is 83.9 Å². The average molecular weight is 586 g/mol. The van der Waals surface area contributed by atoms with Crippen LogP contribution >= 0.6 is 0 Å². The number of aryl methyl sites for hydroxylation is 1. The molecule has 2 aliphatic rings. The Balaban J connectivity index is 1.42. The summed E-state index contributed by atoms with van der Waals surface area (Å²) >= 11 is 0. The van der Waals surface area contributed by atoms with Gasteiger partial charge in [0.25, 0.3) is 0 Å². The highest BCUT2D eigenvalue weighted by Crippen LogP contribution is 2.48. The van der Waals surface area contributed by atoms with Crippen LogP contribution in [0.4, 0.5) is 0 Å². The minimum absolute atomic E-state index is 0.113. The monoisotopic (exact) mass is 585 g/mol. The van der Waals surface area contributed by atoms with E-state index in [0.29, 0.717) is 18.4 Å². The van der Waals surface area contributed by atoms with Gasteiger partial charge in [-0.1, -0.05) is 118 Å². The van der Waals surface area contributed by atoms with Gasteiger partial charge in [-0.05, 0) is 117 Å². The molecule has 2 aliphatic carbocycles. The second-order valence-corrected chi connectivity index (χ2v) is 14.0. The predicted octanol–water partition coefficient (Wildman–Crippen LogP) is 10.3. The fraction of sp³-hybridized carbons (Fsp3) is 0.625. The first-order valence-electron chi connectivity index (χ1n) is 17.7. The molecule has 0 radical (unpaired) electrons. The molecule has 0 bridgehead atoms. The molecule has 2 aromatic rings. The summed E-state index contributed by atoms with van der Waals surface area (Å²) in [6.45, 7) is 0.634. The maximum atomic E-state index is 12.2. The molecule has 0 unspecified atom stereocenters. The lowest BCUT2D eigenvalue weighted by Crippen LogP contribution is -2.31. The Bertz CT molecular complexity index is 1050. The van der Waals surface area contributed by atoms with E-state index < -0.39 is 5.97 Å². The first-order valence-corrected chi connectivity index (χ1v) is 17.7. The molecule has 3 heteroatoms. The quantitative estimate of drug-likeness (QED) is 0.161. The van der Waals surface area contributed by atoms with Gasteiger partial charge in [0.2, 0.25) is 0 Å². The van der Waals surface area contributed by atoms with Gasteiger partial charge in [0, 0.05) is 6.42 Å². The molecular weight excluding hydrogens is 526 g/mol. The normalized spacial score (nSPS) is 19.4. The van der Waals surface area contributed by atoms with Crippen molar-refractivity contribution in [1.82, 2.24) is 0 Å². The predicted molar refractivity (Wildman–Crippen MR) is 181 cm³/mol. The molecule has 236 valence electrons. The molecule has 2 saturated carbocycles. The summed E-state index contributed by atoms with van der Waals surface area (Å²) in [7, 11) is 0. The summed E-state index contributed by atoms with van der Waals surface area (Å²) in [6.07, 6.45) is 27.3. The summed E-state index contributed by atoms with van der Waals surface area (Å²) in [4.78, 5) is 12.2. The highest BCUT2D eigenvalue weighted by Gasteiger charge is 2.40. The third-order valence-corrected chi connectivity index (χ3v) is 11.0. The van der Waals surface area contributed by atoms with E-state index in [2.05, 4.69) is 72.8 Å². The van der Waals surface area contributed by atoms with Crippen molar-refractivity contribution in [1.29, 1.82) is 0 Å². The Morgan fingerprint density at radius 1 is 0.837 bits per heavy atom. The Hall–Kier alpha value is -2.39. The molecule has 3 atom stereocenters. The molecule has 3 N–H and O–H groups in total. The van der Waals surface area contributed by atoms with Crippen LogP contribution in [-0.4, -0.2) is 17.6 Å². The number of hydrogen-bond acceptors (Lipinski definition) is 2. The number of benzene rings is 2. The molecule has 3 nitrogen and oxygen atoms in total. The molecule has 0 heterocycles. The molecule has 0 saturated heterocycles. The Labute approximate surface area is 262 Å². The molecule has 43 heavy (non-hydrogen) atoms. The van der Waals surface area contributed by atoms with Gasteiger partial charge in [-0.3, -0.25) is 4.79 Å². The van der Waals surface area contributed by atoms with Crippen molar-refractivity contribution in [2.45, 2.75) is 127 Å². The number of rotatable bonds is 19. The lowest BCUT2D eigenvalue weighted by molar-refractivity contribution is -0.138. The highest BCUT2D eigenvalue weighted by molar-refractivity contribution is 5.67. The van der Waals surface area contributed by atoms with Crippen molar-refractivity contribution in [2.75, 3.05) is 6.54 Å². The van der Waals surface area contributed by atoms with E-state index in [4.69, 9.17) is 5.73 Å². The average Bonchev–Trinajstić information content (AvgIpc) is 3.52. The molecule has 4 rings (SSSR count). The smallest absolute Gasteiger partial charge is 0.303 e. The number of hydrogen-bond donors (Lipinski definition) is 2. The van der Waals surface area contributed by atoms with Crippen molar-refractivity contribution in [2.24, 2.45) is 29.4 Å². The topological polar surface area (TPSA) is 63.3 Å². The van der Waals surface area contributed by atoms with Gasteiger partial charge < -0.3 is 10.8 Å². The first kappa shape index (κ1) is 33.5. The third-order valence-electron chi connectivity index (χ3n) is 11.0. The van der Waals surface area contributed by atoms with Crippen LogP contribution in [0.15, 0.2) is 72.8 Å². The number of allylic oxidation sites excluding steroid dienone is 2. The highest BCUT2D eigenvalue weighted by atomic mass is 16.4. The minimum atomic E-state index is -0.658. The Morgan fingerprint density at radius 3 is 2.21 bits per heavy atom. The van der Waals surface area contributed by atoms with E-state index in [9.17, 15) is 9.90 Å². The number of aliphatic carboxylic acids is 1. The SMILES string of the molecule is NCC[C@H](CC[C@@H](C/C=C\CCC1CCCCC1)CCc1ccccc1)[C@H](CC(=O)O)CC1(c2ccccc2)CCCC1. The molecular formula is C40H59NO2. The molecule has 2 aromatic carbocycles. The zero-order valence-corrected chi connectivity index (χ0v) is 26.8. The Morgan fingerprint density at radius 2 is 1.53 bits per heavy atom. The summed E-state index contributed by atoms with van der Waals surface area (Å²) in [5.41, 5.74) is 9.15. The van der Waals surface area contributed by atoms with E-state index in [0.717, 1.165) is 44.4 Å². The van der Waals surface area contributed by atoms with Crippen LogP contribution < -0.4 is 5.73 Å². The van der Waals surface area contributed by atoms with Crippen molar-refractivity contribution < 1.29 is 9.90 Å². The zero-order valence-electron chi connectivity index (χ0n) is 26.8. The van der Waals surface area contributed by atoms with Crippen LogP contribution in [0.1, 0.15) is 127 Å². The number of carbonyl (C=O) groups is 1. The van der Waals surface area contributed by atoms with Gasteiger partial charge in [-0.2, -0.15) is 0 Å².